The maximum absolute atomic E-state index is 12.4. The van der Waals surface area contributed by atoms with E-state index in [0.29, 0.717) is 4.88 Å². The highest BCUT2D eigenvalue weighted by molar-refractivity contribution is 7.10. The molecule has 0 fully saturated rings. The normalized spacial score (nSPS) is 13.2. The predicted octanol–water partition coefficient (Wildman–Crippen LogP) is 3.57. The number of halogens is 1. The lowest BCUT2D eigenvalue weighted by atomic mass is 9.98. The van der Waals surface area contributed by atoms with Crippen LogP contribution < -0.4 is 5.32 Å². The average molecular weight is 393 g/mol. The molecule has 0 radical (unpaired) electrons. The largest absolute Gasteiger partial charge is 0.466 e. The number of furan rings is 1. The first-order valence-electron chi connectivity index (χ1n) is 7.44. The molecule has 0 aliphatic heterocycles. The van der Waals surface area contributed by atoms with Gasteiger partial charge in [-0.3, -0.25) is 14.9 Å². The van der Waals surface area contributed by atoms with Crippen LogP contribution in [-0.4, -0.2) is 22.5 Å². The molecule has 3 aromatic rings. The molecular weight excluding hydrogens is 380 g/mol. The number of nitrogens with one attached hydrogen (secondary N) is 1. The molecule has 1 amide bonds. The molecule has 0 saturated heterocycles. The highest BCUT2D eigenvalue weighted by Gasteiger charge is 2.36. The van der Waals surface area contributed by atoms with Gasteiger partial charge in [0.2, 0.25) is 0 Å². The molecule has 0 aliphatic carbocycles. The van der Waals surface area contributed by atoms with Crippen molar-refractivity contribution in [1.29, 1.82) is 0 Å². The molecule has 0 aliphatic rings. The zero-order valence-electron chi connectivity index (χ0n) is 13.2. The zero-order valence-corrected chi connectivity index (χ0v) is 14.8. The number of carbonyl (C=O) groups is 1. The van der Waals surface area contributed by atoms with Crippen LogP contribution in [0.2, 0.25) is 5.02 Å². The van der Waals surface area contributed by atoms with E-state index in [1.165, 1.54) is 29.7 Å². The molecule has 0 saturated carbocycles. The summed E-state index contributed by atoms with van der Waals surface area (Å²) < 4.78 is 5.33. The fourth-order valence-electron chi connectivity index (χ4n) is 2.43. The number of aliphatic hydroxyl groups is 1. The van der Waals surface area contributed by atoms with Crippen molar-refractivity contribution in [2.24, 2.45) is 0 Å². The van der Waals surface area contributed by atoms with Crippen LogP contribution in [0.5, 0.6) is 0 Å². The lowest BCUT2D eigenvalue weighted by Crippen LogP contribution is -2.41. The van der Waals surface area contributed by atoms with Crippen molar-refractivity contribution in [3.05, 3.63) is 85.4 Å². The van der Waals surface area contributed by atoms with Gasteiger partial charge in [-0.2, -0.15) is 0 Å². The van der Waals surface area contributed by atoms with Crippen LogP contribution in [0.3, 0.4) is 0 Å². The Labute approximate surface area is 157 Å². The molecule has 0 bridgehead atoms. The molecule has 9 heteroatoms. The van der Waals surface area contributed by atoms with Gasteiger partial charge in [-0.1, -0.05) is 17.7 Å². The third-order valence-corrected chi connectivity index (χ3v) is 5.11. The lowest BCUT2D eigenvalue weighted by molar-refractivity contribution is -0.384. The molecule has 0 spiro atoms. The number of benzene rings is 1. The molecule has 1 unspecified atom stereocenters. The van der Waals surface area contributed by atoms with Gasteiger partial charge < -0.3 is 14.8 Å². The Balaban J connectivity index is 1.83. The van der Waals surface area contributed by atoms with Crippen molar-refractivity contribution < 1.29 is 19.2 Å². The summed E-state index contributed by atoms with van der Waals surface area (Å²) in [5.74, 6) is -0.298. The first-order chi connectivity index (χ1) is 12.4. The summed E-state index contributed by atoms with van der Waals surface area (Å²) in [6.07, 6.45) is 1.43. The van der Waals surface area contributed by atoms with Crippen molar-refractivity contribution in [1.82, 2.24) is 5.32 Å². The Hall–Kier alpha value is -2.68. The first kappa shape index (κ1) is 18.1. The van der Waals surface area contributed by atoms with Crippen LogP contribution >= 0.6 is 22.9 Å². The van der Waals surface area contributed by atoms with Gasteiger partial charge in [0.05, 0.1) is 17.7 Å². The smallest absolute Gasteiger partial charge is 0.288 e. The summed E-state index contributed by atoms with van der Waals surface area (Å²) in [6, 6.07) is 10.5. The fraction of sp³-hybridized carbons (Fsp3) is 0.118. The topological polar surface area (TPSA) is 106 Å². The van der Waals surface area contributed by atoms with E-state index < -0.39 is 16.4 Å². The van der Waals surface area contributed by atoms with E-state index in [1.54, 1.807) is 29.6 Å². The minimum atomic E-state index is -1.55. The summed E-state index contributed by atoms with van der Waals surface area (Å²) in [5, 5.41) is 26.4. The van der Waals surface area contributed by atoms with Crippen molar-refractivity contribution in [3.63, 3.8) is 0 Å². The summed E-state index contributed by atoms with van der Waals surface area (Å²) in [5.41, 5.74) is -1.85. The van der Waals surface area contributed by atoms with Crippen molar-refractivity contribution in [3.8, 4) is 0 Å². The monoisotopic (exact) mass is 392 g/mol. The number of amides is 1. The molecule has 134 valence electrons. The molecular formula is C17H13ClN2O5S. The lowest BCUT2D eigenvalue weighted by Gasteiger charge is -2.25. The highest BCUT2D eigenvalue weighted by Crippen LogP contribution is 2.33. The molecule has 2 heterocycles. The van der Waals surface area contributed by atoms with Crippen LogP contribution in [0.4, 0.5) is 5.69 Å². The Morgan fingerprint density at radius 3 is 2.77 bits per heavy atom. The summed E-state index contributed by atoms with van der Waals surface area (Å²) >= 11 is 7.07. The molecule has 2 aromatic heterocycles. The SMILES string of the molecule is O=C(NCC(O)(c1ccco1)c1cccs1)c1ccc(Cl)c([N+](=O)[O-])c1. The minimum Gasteiger partial charge on any atom is -0.466 e. The second kappa shape index (κ2) is 7.28. The standard InChI is InChI=1S/C17H13ClN2O5S/c18-12-6-5-11(9-13(12)20(23)24)16(21)19-10-17(22,14-3-1-7-25-14)15-4-2-8-26-15/h1-9,22H,10H2,(H,19,21). The van der Waals surface area contributed by atoms with Gasteiger partial charge in [0.25, 0.3) is 11.6 Å². The number of hydrogen-bond donors (Lipinski definition) is 2. The van der Waals surface area contributed by atoms with Gasteiger partial charge in [0, 0.05) is 16.5 Å². The average Bonchev–Trinajstić information content (AvgIpc) is 3.33. The number of rotatable bonds is 6. The second-order valence-corrected chi connectivity index (χ2v) is 6.78. The van der Waals surface area contributed by atoms with Gasteiger partial charge in [-0.15, -0.1) is 11.3 Å². The Kier molecular flexibility index (Phi) is 5.08. The number of carbonyl (C=O) groups excluding carboxylic acids is 1. The van der Waals surface area contributed by atoms with E-state index in [0.717, 1.165) is 6.07 Å². The van der Waals surface area contributed by atoms with Crippen molar-refractivity contribution in [2.75, 3.05) is 6.54 Å². The number of nitro groups is 1. The van der Waals surface area contributed by atoms with Gasteiger partial charge in [-0.25, -0.2) is 0 Å². The third-order valence-electron chi connectivity index (χ3n) is 3.77. The molecule has 3 rings (SSSR count). The summed E-state index contributed by atoms with van der Waals surface area (Å²) in [6.45, 7) is -0.170. The minimum absolute atomic E-state index is 0.0581. The number of nitro benzene ring substituents is 1. The maximum atomic E-state index is 12.4. The molecule has 2 N–H and O–H groups in total. The van der Waals surface area contributed by atoms with Crippen LogP contribution in [-0.2, 0) is 5.60 Å². The first-order valence-corrected chi connectivity index (χ1v) is 8.70. The Bertz CT molecular complexity index is 891. The van der Waals surface area contributed by atoms with E-state index in [4.69, 9.17) is 16.0 Å². The van der Waals surface area contributed by atoms with Crippen LogP contribution in [0.15, 0.2) is 58.5 Å². The van der Waals surface area contributed by atoms with Crippen molar-refractivity contribution >= 4 is 34.5 Å². The summed E-state index contributed by atoms with van der Waals surface area (Å²) in [4.78, 5) is 23.3. The third kappa shape index (κ3) is 3.48. The van der Waals surface area contributed by atoms with Gasteiger partial charge >= 0.3 is 0 Å². The molecule has 26 heavy (non-hydrogen) atoms. The quantitative estimate of drug-likeness (QED) is 0.492. The van der Waals surface area contributed by atoms with Gasteiger partial charge in [0.15, 0.2) is 5.60 Å². The second-order valence-electron chi connectivity index (χ2n) is 5.42. The molecule has 1 aromatic carbocycles. The molecule has 7 nitrogen and oxygen atoms in total. The van der Waals surface area contributed by atoms with E-state index in [-0.39, 0.29) is 28.6 Å². The van der Waals surface area contributed by atoms with Crippen molar-refractivity contribution in [2.45, 2.75) is 5.60 Å². The van der Waals surface area contributed by atoms with Crippen LogP contribution in [0.25, 0.3) is 0 Å². The van der Waals surface area contributed by atoms with E-state index in [9.17, 15) is 20.0 Å². The Morgan fingerprint density at radius 2 is 2.15 bits per heavy atom. The molecule has 1 atom stereocenters. The maximum Gasteiger partial charge on any atom is 0.288 e. The fourth-order valence-corrected chi connectivity index (χ4v) is 3.44. The van der Waals surface area contributed by atoms with Crippen LogP contribution in [0, 0.1) is 10.1 Å². The van der Waals surface area contributed by atoms with E-state index in [1.807, 2.05) is 0 Å². The predicted molar refractivity (Wildman–Crippen MR) is 96.5 cm³/mol. The van der Waals surface area contributed by atoms with Gasteiger partial charge in [-0.05, 0) is 35.7 Å². The summed E-state index contributed by atoms with van der Waals surface area (Å²) in [7, 11) is 0. The number of hydrogen-bond acceptors (Lipinski definition) is 6. The highest BCUT2D eigenvalue weighted by atomic mass is 35.5. The van der Waals surface area contributed by atoms with E-state index >= 15 is 0 Å². The van der Waals surface area contributed by atoms with Crippen LogP contribution in [0.1, 0.15) is 21.0 Å². The Morgan fingerprint density at radius 1 is 1.35 bits per heavy atom. The number of thiophene rings is 1. The number of nitrogens with zero attached hydrogens (tertiary/aromatic N) is 1. The van der Waals surface area contributed by atoms with E-state index in [2.05, 4.69) is 5.32 Å². The zero-order chi connectivity index (χ0) is 18.7. The van der Waals surface area contributed by atoms with Gasteiger partial charge in [0.1, 0.15) is 10.8 Å².